The lowest BCUT2D eigenvalue weighted by molar-refractivity contribution is 0.772. The first-order valence-corrected chi connectivity index (χ1v) is 6.52. The van der Waals surface area contributed by atoms with E-state index in [1.54, 1.807) is 11.3 Å². The molecule has 1 rings (SSSR count). The van der Waals surface area contributed by atoms with Crippen molar-refractivity contribution in [3.05, 3.63) is 22.4 Å². The summed E-state index contributed by atoms with van der Waals surface area (Å²) < 4.78 is 0. The zero-order chi connectivity index (χ0) is 11.6. The second kappa shape index (κ2) is 8.13. The van der Waals surface area contributed by atoms with Gasteiger partial charge in [0.2, 0.25) is 5.96 Å². The minimum absolute atomic E-state index is 0.685. The molecule has 0 atom stereocenters. The Morgan fingerprint density at radius 2 is 2.44 bits per heavy atom. The van der Waals surface area contributed by atoms with E-state index in [4.69, 9.17) is 5.84 Å². The van der Waals surface area contributed by atoms with Crippen molar-refractivity contribution in [3.63, 3.8) is 0 Å². The number of unbranched alkanes of at least 4 members (excludes halogenated alkanes) is 1. The number of aliphatic imine (C=N–C) groups is 1. The summed E-state index contributed by atoms with van der Waals surface area (Å²) in [5.41, 5.74) is 2.58. The largest absolute Gasteiger partial charge is 0.355 e. The molecule has 0 spiro atoms. The highest BCUT2D eigenvalue weighted by molar-refractivity contribution is 7.09. The van der Waals surface area contributed by atoms with Crippen LogP contribution in [0.4, 0.5) is 0 Å². The summed E-state index contributed by atoms with van der Waals surface area (Å²) in [6.07, 6.45) is 3.25. The summed E-state index contributed by atoms with van der Waals surface area (Å²) in [7, 11) is 0. The number of thiophene rings is 1. The molecule has 0 radical (unpaired) electrons. The van der Waals surface area contributed by atoms with Gasteiger partial charge in [-0.15, -0.1) is 11.3 Å². The molecule has 0 aliphatic heterocycles. The van der Waals surface area contributed by atoms with Gasteiger partial charge in [-0.25, -0.2) is 5.84 Å². The van der Waals surface area contributed by atoms with E-state index < -0.39 is 0 Å². The lowest BCUT2D eigenvalue weighted by Gasteiger charge is -2.08. The molecule has 5 heteroatoms. The van der Waals surface area contributed by atoms with Gasteiger partial charge in [0, 0.05) is 18.0 Å². The first-order valence-electron chi connectivity index (χ1n) is 5.64. The fourth-order valence-corrected chi connectivity index (χ4v) is 1.97. The van der Waals surface area contributed by atoms with Crippen LogP contribution in [0.1, 0.15) is 24.6 Å². The minimum Gasteiger partial charge on any atom is -0.355 e. The van der Waals surface area contributed by atoms with E-state index in [1.807, 2.05) is 0 Å². The molecule has 0 aromatic carbocycles. The van der Waals surface area contributed by atoms with Crippen molar-refractivity contribution in [1.82, 2.24) is 10.7 Å². The number of rotatable bonds is 6. The molecule has 0 aliphatic rings. The summed E-state index contributed by atoms with van der Waals surface area (Å²) in [4.78, 5) is 5.70. The van der Waals surface area contributed by atoms with Gasteiger partial charge in [-0.3, -0.25) is 10.4 Å². The number of nitrogens with two attached hydrogens (primary N) is 1. The molecule has 1 aromatic rings. The first kappa shape index (κ1) is 13.0. The third-order valence-corrected chi connectivity index (χ3v) is 3.10. The zero-order valence-electron chi connectivity index (χ0n) is 9.70. The molecule has 0 unspecified atom stereocenters. The highest BCUT2D eigenvalue weighted by Crippen LogP contribution is 2.07. The van der Waals surface area contributed by atoms with E-state index in [-0.39, 0.29) is 0 Å². The highest BCUT2D eigenvalue weighted by atomic mass is 32.1. The van der Waals surface area contributed by atoms with Crippen LogP contribution >= 0.6 is 11.3 Å². The lowest BCUT2D eigenvalue weighted by atomic mass is 10.3. The van der Waals surface area contributed by atoms with Gasteiger partial charge in [-0.1, -0.05) is 19.4 Å². The molecule has 1 heterocycles. The maximum Gasteiger partial charge on any atom is 0.205 e. The maximum atomic E-state index is 5.37. The average Bonchev–Trinajstić information content (AvgIpc) is 2.80. The third kappa shape index (κ3) is 5.14. The van der Waals surface area contributed by atoms with Crippen molar-refractivity contribution < 1.29 is 0 Å². The number of hydrogen-bond donors (Lipinski definition) is 3. The molecule has 0 aliphatic carbocycles. The van der Waals surface area contributed by atoms with Crippen LogP contribution in [-0.4, -0.2) is 19.0 Å². The van der Waals surface area contributed by atoms with Crippen LogP contribution in [0.5, 0.6) is 0 Å². The quantitative estimate of drug-likeness (QED) is 0.232. The zero-order valence-corrected chi connectivity index (χ0v) is 10.5. The van der Waals surface area contributed by atoms with E-state index >= 15 is 0 Å². The summed E-state index contributed by atoms with van der Waals surface area (Å²) in [6.45, 7) is 3.83. The second-order valence-electron chi connectivity index (χ2n) is 3.48. The van der Waals surface area contributed by atoms with E-state index in [2.05, 4.69) is 40.2 Å². The molecular formula is C11H20N4S. The first-order chi connectivity index (χ1) is 7.86. The van der Waals surface area contributed by atoms with Crippen LogP contribution in [-0.2, 0) is 6.42 Å². The van der Waals surface area contributed by atoms with Gasteiger partial charge in [0.15, 0.2) is 0 Å². The number of nitrogens with one attached hydrogen (secondary N) is 2. The Bertz CT molecular complexity index is 295. The highest BCUT2D eigenvalue weighted by Gasteiger charge is 1.96. The summed E-state index contributed by atoms with van der Waals surface area (Å²) in [6, 6.07) is 4.20. The predicted octanol–water partition coefficient (Wildman–Crippen LogP) is 1.50. The normalized spacial score (nSPS) is 11.5. The third-order valence-electron chi connectivity index (χ3n) is 2.16. The Morgan fingerprint density at radius 1 is 1.56 bits per heavy atom. The summed E-state index contributed by atoms with van der Waals surface area (Å²) >= 11 is 1.77. The maximum absolute atomic E-state index is 5.37. The summed E-state index contributed by atoms with van der Waals surface area (Å²) in [5, 5.41) is 5.28. The Hall–Kier alpha value is -1.07. The summed E-state index contributed by atoms with van der Waals surface area (Å²) in [5.74, 6) is 6.06. The SMILES string of the molecule is CCCCN=C(NN)NCCc1cccs1. The molecule has 0 amide bonds. The number of hydrogen-bond acceptors (Lipinski definition) is 3. The van der Waals surface area contributed by atoms with Crippen LogP contribution < -0.4 is 16.6 Å². The van der Waals surface area contributed by atoms with Gasteiger partial charge in [0.1, 0.15) is 0 Å². The molecule has 1 aromatic heterocycles. The monoisotopic (exact) mass is 240 g/mol. The average molecular weight is 240 g/mol. The molecule has 16 heavy (non-hydrogen) atoms. The van der Waals surface area contributed by atoms with E-state index in [1.165, 1.54) is 4.88 Å². The number of hydrazine groups is 1. The van der Waals surface area contributed by atoms with Crippen molar-refractivity contribution in [2.45, 2.75) is 26.2 Å². The number of nitrogens with zero attached hydrogens (tertiary/aromatic N) is 1. The van der Waals surface area contributed by atoms with E-state index in [0.717, 1.165) is 32.4 Å². The van der Waals surface area contributed by atoms with Crippen molar-refractivity contribution in [3.8, 4) is 0 Å². The van der Waals surface area contributed by atoms with E-state index in [9.17, 15) is 0 Å². The molecular weight excluding hydrogens is 220 g/mol. The van der Waals surface area contributed by atoms with Crippen LogP contribution in [0.3, 0.4) is 0 Å². The van der Waals surface area contributed by atoms with Crippen molar-refractivity contribution in [2.75, 3.05) is 13.1 Å². The predicted molar refractivity (Wildman–Crippen MR) is 70.6 cm³/mol. The smallest absolute Gasteiger partial charge is 0.205 e. The van der Waals surface area contributed by atoms with E-state index in [0.29, 0.717) is 5.96 Å². The number of guanidine groups is 1. The van der Waals surface area contributed by atoms with Gasteiger partial charge in [0.25, 0.3) is 0 Å². The van der Waals surface area contributed by atoms with Gasteiger partial charge in [-0.2, -0.15) is 0 Å². The topological polar surface area (TPSA) is 62.4 Å². The second-order valence-corrected chi connectivity index (χ2v) is 4.52. The molecule has 0 saturated heterocycles. The molecule has 4 nitrogen and oxygen atoms in total. The molecule has 0 saturated carbocycles. The minimum atomic E-state index is 0.685. The molecule has 0 fully saturated rings. The standard InChI is InChI=1S/C11H20N4S/c1-2-3-7-13-11(15-12)14-8-6-10-5-4-9-16-10/h4-5,9H,2-3,6-8,12H2,1H3,(H2,13,14,15). The van der Waals surface area contributed by atoms with Crippen LogP contribution in [0.25, 0.3) is 0 Å². The lowest BCUT2D eigenvalue weighted by Crippen LogP contribution is -2.42. The van der Waals surface area contributed by atoms with Crippen LogP contribution in [0.15, 0.2) is 22.5 Å². The Labute approximate surface area is 101 Å². The Morgan fingerprint density at radius 3 is 3.06 bits per heavy atom. The van der Waals surface area contributed by atoms with Gasteiger partial charge in [0.05, 0.1) is 0 Å². The molecule has 4 N–H and O–H groups in total. The van der Waals surface area contributed by atoms with Gasteiger partial charge in [-0.05, 0) is 24.3 Å². The molecule has 90 valence electrons. The van der Waals surface area contributed by atoms with Crippen LogP contribution in [0, 0.1) is 0 Å². The van der Waals surface area contributed by atoms with Crippen LogP contribution in [0.2, 0.25) is 0 Å². The Balaban J connectivity index is 2.20. The van der Waals surface area contributed by atoms with Gasteiger partial charge >= 0.3 is 0 Å². The molecule has 0 bridgehead atoms. The van der Waals surface area contributed by atoms with Crippen molar-refractivity contribution >= 4 is 17.3 Å². The van der Waals surface area contributed by atoms with Crippen molar-refractivity contribution in [2.24, 2.45) is 10.8 Å². The fraction of sp³-hybridized carbons (Fsp3) is 0.545. The van der Waals surface area contributed by atoms with Crippen molar-refractivity contribution in [1.29, 1.82) is 0 Å². The Kier molecular flexibility index (Phi) is 6.60. The fourth-order valence-electron chi connectivity index (χ4n) is 1.26. The van der Waals surface area contributed by atoms with Gasteiger partial charge < -0.3 is 5.32 Å².